The van der Waals surface area contributed by atoms with Gasteiger partial charge in [-0.2, -0.15) is 5.10 Å². The maximum absolute atomic E-state index is 6.12. The van der Waals surface area contributed by atoms with Crippen molar-refractivity contribution in [2.75, 3.05) is 18.0 Å². The van der Waals surface area contributed by atoms with Crippen LogP contribution in [0.1, 0.15) is 12.0 Å². The number of nitrogens with zero attached hydrogens (tertiary/aromatic N) is 5. The van der Waals surface area contributed by atoms with Crippen LogP contribution in [-0.4, -0.2) is 38.8 Å². The van der Waals surface area contributed by atoms with Gasteiger partial charge in [0, 0.05) is 43.3 Å². The lowest BCUT2D eigenvalue weighted by molar-refractivity contribution is 0.223. The Hall–Kier alpha value is -2.63. The zero-order valence-corrected chi connectivity index (χ0v) is 12.4. The summed E-state index contributed by atoms with van der Waals surface area (Å²) in [6, 6.07) is 3.91. The Labute approximate surface area is 128 Å². The number of pyridine rings is 1. The van der Waals surface area contributed by atoms with Gasteiger partial charge in [-0.05, 0) is 19.1 Å². The lowest BCUT2D eigenvalue weighted by atomic mass is 10.2. The molecule has 0 saturated carbocycles. The predicted octanol–water partition coefficient (Wildman–Crippen LogP) is 2.09. The number of rotatable bonds is 3. The van der Waals surface area contributed by atoms with Crippen molar-refractivity contribution in [1.82, 2.24) is 19.6 Å². The van der Waals surface area contributed by atoms with Gasteiger partial charge in [0.1, 0.15) is 17.4 Å². The molecule has 3 aromatic rings. The molecule has 3 aromatic heterocycles. The second-order valence-electron chi connectivity index (χ2n) is 5.53. The summed E-state index contributed by atoms with van der Waals surface area (Å²) < 4.78 is 7.97. The van der Waals surface area contributed by atoms with Crippen molar-refractivity contribution in [3.05, 3.63) is 48.7 Å². The topological polar surface area (TPSA) is 55.5 Å². The summed E-state index contributed by atoms with van der Waals surface area (Å²) in [7, 11) is 0. The van der Waals surface area contributed by atoms with Gasteiger partial charge in [-0.15, -0.1) is 0 Å². The third-order valence-electron chi connectivity index (χ3n) is 4.01. The average molecular weight is 295 g/mol. The molecule has 1 atom stereocenters. The molecule has 1 aliphatic heterocycles. The summed E-state index contributed by atoms with van der Waals surface area (Å²) in [5.74, 6) is 1.88. The molecule has 112 valence electrons. The average Bonchev–Trinajstić information content (AvgIpc) is 3.18. The van der Waals surface area contributed by atoms with Crippen LogP contribution >= 0.6 is 0 Å². The first-order valence-corrected chi connectivity index (χ1v) is 7.42. The Kier molecular flexibility index (Phi) is 3.14. The molecule has 6 heteroatoms. The van der Waals surface area contributed by atoms with Crippen LogP contribution in [0.15, 0.2) is 43.1 Å². The van der Waals surface area contributed by atoms with E-state index in [1.165, 1.54) is 0 Å². The van der Waals surface area contributed by atoms with Crippen LogP contribution in [0, 0.1) is 6.92 Å². The molecular formula is C16H17N5O. The van der Waals surface area contributed by atoms with Gasteiger partial charge in [0.25, 0.3) is 0 Å². The van der Waals surface area contributed by atoms with Gasteiger partial charge in [0.2, 0.25) is 0 Å². The third kappa shape index (κ3) is 2.26. The van der Waals surface area contributed by atoms with E-state index in [0.717, 1.165) is 42.2 Å². The van der Waals surface area contributed by atoms with Crippen LogP contribution in [0.25, 0.3) is 5.52 Å². The third-order valence-corrected chi connectivity index (χ3v) is 4.01. The zero-order chi connectivity index (χ0) is 14.9. The molecule has 0 aromatic carbocycles. The van der Waals surface area contributed by atoms with E-state index in [1.807, 2.05) is 36.0 Å². The zero-order valence-electron chi connectivity index (χ0n) is 12.4. The van der Waals surface area contributed by atoms with Gasteiger partial charge < -0.3 is 9.64 Å². The summed E-state index contributed by atoms with van der Waals surface area (Å²) in [4.78, 5) is 10.9. The van der Waals surface area contributed by atoms with Crippen molar-refractivity contribution in [1.29, 1.82) is 0 Å². The van der Waals surface area contributed by atoms with Crippen molar-refractivity contribution >= 4 is 11.3 Å². The first kappa shape index (κ1) is 13.1. The largest absolute Gasteiger partial charge is 0.488 e. The van der Waals surface area contributed by atoms with Gasteiger partial charge in [0.05, 0.1) is 12.7 Å². The smallest absolute Gasteiger partial charge is 0.154 e. The Balaban J connectivity index is 1.53. The number of ether oxygens (including phenoxy) is 1. The van der Waals surface area contributed by atoms with Gasteiger partial charge >= 0.3 is 0 Å². The van der Waals surface area contributed by atoms with Gasteiger partial charge in [-0.1, -0.05) is 0 Å². The summed E-state index contributed by atoms with van der Waals surface area (Å²) in [6.07, 6.45) is 10.2. The van der Waals surface area contributed by atoms with E-state index in [1.54, 1.807) is 18.6 Å². The number of aromatic nitrogens is 4. The van der Waals surface area contributed by atoms with Crippen LogP contribution < -0.4 is 9.64 Å². The predicted molar refractivity (Wildman–Crippen MR) is 83.2 cm³/mol. The first-order valence-electron chi connectivity index (χ1n) is 7.42. The fourth-order valence-corrected chi connectivity index (χ4v) is 2.88. The molecule has 0 bridgehead atoms. The molecule has 1 fully saturated rings. The van der Waals surface area contributed by atoms with Crippen LogP contribution in [0.5, 0.6) is 5.75 Å². The fourth-order valence-electron chi connectivity index (χ4n) is 2.88. The van der Waals surface area contributed by atoms with Gasteiger partial charge in [-0.3, -0.25) is 4.98 Å². The summed E-state index contributed by atoms with van der Waals surface area (Å²) >= 11 is 0. The second kappa shape index (κ2) is 5.29. The van der Waals surface area contributed by atoms with E-state index in [2.05, 4.69) is 20.0 Å². The van der Waals surface area contributed by atoms with Crippen LogP contribution in [0.2, 0.25) is 0 Å². The highest BCUT2D eigenvalue weighted by Gasteiger charge is 2.26. The monoisotopic (exact) mass is 295 g/mol. The SMILES string of the molecule is Cc1cnccc1OC1CCN(c2nccn3nccc23)C1. The lowest BCUT2D eigenvalue weighted by Gasteiger charge is -2.19. The highest BCUT2D eigenvalue weighted by atomic mass is 16.5. The minimum Gasteiger partial charge on any atom is -0.488 e. The number of hydrogen-bond donors (Lipinski definition) is 0. The van der Waals surface area contributed by atoms with Crippen molar-refractivity contribution in [3.63, 3.8) is 0 Å². The molecule has 6 nitrogen and oxygen atoms in total. The maximum atomic E-state index is 6.12. The molecule has 1 saturated heterocycles. The normalized spacial score (nSPS) is 18.0. The molecule has 0 amide bonds. The van der Waals surface area contributed by atoms with Crippen LogP contribution in [0.3, 0.4) is 0 Å². The molecule has 1 unspecified atom stereocenters. The highest BCUT2D eigenvalue weighted by Crippen LogP contribution is 2.26. The molecule has 0 radical (unpaired) electrons. The van der Waals surface area contributed by atoms with Gasteiger partial charge in [-0.25, -0.2) is 9.50 Å². The van der Waals surface area contributed by atoms with E-state index in [-0.39, 0.29) is 6.10 Å². The van der Waals surface area contributed by atoms with Crippen molar-refractivity contribution < 1.29 is 4.74 Å². The fraction of sp³-hybridized carbons (Fsp3) is 0.312. The molecule has 4 heterocycles. The maximum Gasteiger partial charge on any atom is 0.154 e. The summed E-state index contributed by atoms with van der Waals surface area (Å²) in [5.41, 5.74) is 2.10. The Bertz CT molecular complexity index is 800. The second-order valence-corrected chi connectivity index (χ2v) is 5.53. The Morgan fingerprint density at radius 1 is 1.23 bits per heavy atom. The molecule has 1 aliphatic rings. The van der Waals surface area contributed by atoms with E-state index in [0.29, 0.717) is 0 Å². The van der Waals surface area contributed by atoms with Crippen molar-refractivity contribution in [3.8, 4) is 5.75 Å². The minimum atomic E-state index is 0.172. The minimum absolute atomic E-state index is 0.172. The van der Waals surface area contributed by atoms with E-state index in [9.17, 15) is 0 Å². The Morgan fingerprint density at radius 2 is 2.18 bits per heavy atom. The number of aryl methyl sites for hydroxylation is 1. The van der Waals surface area contributed by atoms with Crippen molar-refractivity contribution in [2.45, 2.75) is 19.4 Å². The quantitative estimate of drug-likeness (QED) is 0.740. The number of fused-ring (bicyclic) bond motifs is 1. The molecule has 0 aliphatic carbocycles. The summed E-state index contributed by atoms with van der Waals surface area (Å²) in [6.45, 7) is 3.79. The van der Waals surface area contributed by atoms with Crippen molar-refractivity contribution in [2.24, 2.45) is 0 Å². The Morgan fingerprint density at radius 3 is 3.09 bits per heavy atom. The first-order chi connectivity index (χ1) is 10.8. The summed E-state index contributed by atoms with van der Waals surface area (Å²) in [5, 5.41) is 4.26. The standard InChI is InChI=1S/C16H17N5O/c1-12-10-17-5-3-15(12)22-13-4-8-20(11-13)16-14-2-6-19-21(14)9-7-18-16/h2-3,5-7,9-10,13H,4,8,11H2,1H3. The van der Waals surface area contributed by atoms with Crippen LogP contribution in [-0.2, 0) is 0 Å². The lowest BCUT2D eigenvalue weighted by Crippen LogP contribution is -2.25. The number of anilines is 1. The van der Waals surface area contributed by atoms with E-state index >= 15 is 0 Å². The van der Waals surface area contributed by atoms with E-state index < -0.39 is 0 Å². The molecular weight excluding hydrogens is 278 g/mol. The molecule has 22 heavy (non-hydrogen) atoms. The molecule has 0 N–H and O–H groups in total. The van der Waals surface area contributed by atoms with Crippen LogP contribution in [0.4, 0.5) is 5.82 Å². The molecule has 0 spiro atoms. The number of hydrogen-bond acceptors (Lipinski definition) is 5. The van der Waals surface area contributed by atoms with Gasteiger partial charge in [0.15, 0.2) is 5.82 Å². The highest BCUT2D eigenvalue weighted by molar-refractivity contribution is 5.68. The van der Waals surface area contributed by atoms with E-state index in [4.69, 9.17) is 4.74 Å². The molecule has 4 rings (SSSR count).